The van der Waals surface area contributed by atoms with Crippen molar-refractivity contribution in [2.24, 2.45) is 0 Å². The number of H-pyrrole nitrogens is 1. The first kappa shape index (κ1) is 15.6. The number of nitrogens with zero attached hydrogens (tertiary/aromatic N) is 1. The van der Waals surface area contributed by atoms with Crippen molar-refractivity contribution in [3.05, 3.63) is 46.4 Å². The van der Waals surface area contributed by atoms with Gasteiger partial charge >= 0.3 is 5.51 Å². The number of alkyl halides is 3. The van der Waals surface area contributed by atoms with Crippen LogP contribution in [0.3, 0.4) is 0 Å². The lowest BCUT2D eigenvalue weighted by atomic mass is 10.2. The SMILES string of the molecule is COCc1cc(=O)[nH]c(-c2ccc(SC(F)(F)F)cc2)n1. The van der Waals surface area contributed by atoms with Crippen molar-refractivity contribution in [1.29, 1.82) is 0 Å². The Hall–Kier alpha value is -1.80. The van der Waals surface area contributed by atoms with E-state index in [1.165, 1.54) is 37.4 Å². The van der Waals surface area contributed by atoms with E-state index >= 15 is 0 Å². The second-order valence-corrected chi connectivity index (χ2v) is 5.23. The summed E-state index contributed by atoms with van der Waals surface area (Å²) in [6.07, 6.45) is 0. The molecule has 0 saturated heterocycles. The Morgan fingerprint density at radius 1 is 1.29 bits per heavy atom. The van der Waals surface area contributed by atoms with Crippen molar-refractivity contribution in [2.45, 2.75) is 17.0 Å². The number of nitrogens with one attached hydrogen (secondary N) is 1. The summed E-state index contributed by atoms with van der Waals surface area (Å²) in [6, 6.07) is 6.92. The molecule has 0 radical (unpaired) electrons. The number of hydrogen-bond acceptors (Lipinski definition) is 4. The van der Waals surface area contributed by atoms with Crippen molar-refractivity contribution in [3.63, 3.8) is 0 Å². The summed E-state index contributed by atoms with van der Waals surface area (Å²) in [5.41, 5.74) is -3.70. The lowest BCUT2D eigenvalue weighted by Gasteiger charge is -2.07. The Kier molecular flexibility index (Phi) is 4.69. The van der Waals surface area contributed by atoms with Crippen LogP contribution in [-0.2, 0) is 11.3 Å². The topological polar surface area (TPSA) is 55.0 Å². The molecule has 4 nitrogen and oxygen atoms in total. The minimum atomic E-state index is -4.33. The zero-order valence-electron chi connectivity index (χ0n) is 10.9. The lowest BCUT2D eigenvalue weighted by molar-refractivity contribution is -0.0328. The molecule has 1 N–H and O–H groups in total. The first-order valence-electron chi connectivity index (χ1n) is 5.83. The van der Waals surface area contributed by atoms with Gasteiger partial charge in [0.1, 0.15) is 5.82 Å². The monoisotopic (exact) mass is 316 g/mol. The molecule has 21 heavy (non-hydrogen) atoms. The number of rotatable bonds is 4. The minimum Gasteiger partial charge on any atom is -0.378 e. The molecule has 0 aliphatic heterocycles. The summed E-state index contributed by atoms with van der Waals surface area (Å²) in [5.74, 6) is 0.290. The second-order valence-electron chi connectivity index (χ2n) is 4.09. The summed E-state index contributed by atoms with van der Waals surface area (Å²) in [5, 5.41) is 0. The highest BCUT2D eigenvalue weighted by molar-refractivity contribution is 8.00. The van der Waals surface area contributed by atoms with Crippen molar-refractivity contribution in [2.75, 3.05) is 7.11 Å². The van der Waals surface area contributed by atoms with E-state index in [4.69, 9.17) is 4.74 Å². The van der Waals surface area contributed by atoms with Gasteiger partial charge in [0.05, 0.1) is 12.3 Å². The molecule has 0 aliphatic rings. The molecule has 1 aromatic heterocycles. The van der Waals surface area contributed by atoms with Gasteiger partial charge in [-0.1, -0.05) is 12.1 Å². The molecule has 0 saturated carbocycles. The van der Waals surface area contributed by atoms with E-state index in [-0.39, 0.29) is 34.6 Å². The summed E-state index contributed by atoms with van der Waals surface area (Å²) >= 11 is -0.193. The lowest BCUT2D eigenvalue weighted by Crippen LogP contribution is -2.10. The van der Waals surface area contributed by atoms with Gasteiger partial charge in [-0.25, -0.2) is 4.98 Å². The normalized spacial score (nSPS) is 11.6. The van der Waals surface area contributed by atoms with Crippen LogP contribution in [0.15, 0.2) is 40.0 Å². The summed E-state index contributed by atoms with van der Waals surface area (Å²) in [6.45, 7) is 0.179. The Balaban J connectivity index is 2.28. The second kappa shape index (κ2) is 6.31. The van der Waals surface area contributed by atoms with E-state index < -0.39 is 5.51 Å². The summed E-state index contributed by atoms with van der Waals surface area (Å²) in [7, 11) is 1.48. The predicted molar refractivity (Wildman–Crippen MR) is 72.9 cm³/mol. The molecule has 1 aromatic carbocycles. The number of methoxy groups -OCH3 is 1. The van der Waals surface area contributed by atoms with Crippen molar-refractivity contribution in [3.8, 4) is 11.4 Å². The van der Waals surface area contributed by atoms with Gasteiger partial charge in [-0.05, 0) is 23.9 Å². The van der Waals surface area contributed by atoms with Crippen LogP contribution < -0.4 is 5.56 Å². The molecule has 112 valence electrons. The van der Waals surface area contributed by atoms with E-state index in [0.29, 0.717) is 11.3 Å². The summed E-state index contributed by atoms with van der Waals surface area (Å²) < 4.78 is 41.6. The third-order valence-electron chi connectivity index (χ3n) is 2.45. The van der Waals surface area contributed by atoms with E-state index in [1.54, 1.807) is 0 Å². The average Bonchev–Trinajstić information content (AvgIpc) is 2.37. The quantitative estimate of drug-likeness (QED) is 0.880. The molecular weight excluding hydrogens is 305 g/mol. The maximum atomic E-state index is 12.2. The van der Waals surface area contributed by atoms with E-state index in [2.05, 4.69) is 9.97 Å². The van der Waals surface area contributed by atoms with Gasteiger partial charge < -0.3 is 9.72 Å². The standard InChI is InChI=1S/C13H11F3N2O2S/c1-20-7-9-6-11(19)18-12(17-9)8-2-4-10(5-3-8)21-13(14,15)16/h2-6H,7H2,1H3,(H,17,18,19). The third kappa shape index (κ3) is 4.61. The van der Waals surface area contributed by atoms with Crippen LogP contribution in [0.25, 0.3) is 11.4 Å². The van der Waals surface area contributed by atoms with Crippen molar-refractivity contribution >= 4 is 11.8 Å². The Labute approximate surface area is 122 Å². The average molecular weight is 316 g/mol. The highest BCUT2D eigenvalue weighted by Gasteiger charge is 2.29. The van der Waals surface area contributed by atoms with Crippen LogP contribution in [0.1, 0.15) is 5.69 Å². The Bertz CT molecular complexity index is 668. The molecule has 0 spiro atoms. The van der Waals surface area contributed by atoms with Crippen LogP contribution >= 0.6 is 11.8 Å². The molecular formula is C13H11F3N2O2S. The van der Waals surface area contributed by atoms with Gasteiger partial charge in [-0.2, -0.15) is 13.2 Å². The van der Waals surface area contributed by atoms with Crippen LogP contribution in [0, 0.1) is 0 Å². The van der Waals surface area contributed by atoms with Gasteiger partial charge in [0.15, 0.2) is 0 Å². The van der Waals surface area contributed by atoms with E-state index in [0.717, 1.165) is 0 Å². The highest BCUT2D eigenvalue weighted by atomic mass is 32.2. The maximum absolute atomic E-state index is 12.2. The zero-order chi connectivity index (χ0) is 15.5. The fourth-order valence-corrected chi connectivity index (χ4v) is 2.22. The Morgan fingerprint density at radius 3 is 2.52 bits per heavy atom. The van der Waals surface area contributed by atoms with Crippen molar-refractivity contribution < 1.29 is 17.9 Å². The third-order valence-corrected chi connectivity index (χ3v) is 3.19. The molecule has 1 heterocycles. The molecule has 2 rings (SSSR count). The first-order valence-corrected chi connectivity index (χ1v) is 6.64. The first-order chi connectivity index (χ1) is 9.87. The molecule has 0 atom stereocenters. The smallest absolute Gasteiger partial charge is 0.378 e. The van der Waals surface area contributed by atoms with E-state index in [9.17, 15) is 18.0 Å². The van der Waals surface area contributed by atoms with Crippen LogP contribution in [0.5, 0.6) is 0 Å². The number of benzene rings is 1. The van der Waals surface area contributed by atoms with E-state index in [1.807, 2.05) is 0 Å². The van der Waals surface area contributed by atoms with Gasteiger partial charge in [0.25, 0.3) is 5.56 Å². The zero-order valence-corrected chi connectivity index (χ0v) is 11.7. The fraction of sp³-hybridized carbons (Fsp3) is 0.231. The van der Waals surface area contributed by atoms with Crippen LogP contribution in [0.4, 0.5) is 13.2 Å². The minimum absolute atomic E-state index is 0.0710. The van der Waals surface area contributed by atoms with Gasteiger partial charge in [0, 0.05) is 23.6 Å². The van der Waals surface area contributed by atoms with Crippen molar-refractivity contribution in [1.82, 2.24) is 9.97 Å². The maximum Gasteiger partial charge on any atom is 0.446 e. The number of hydrogen-bond donors (Lipinski definition) is 1. The molecule has 0 bridgehead atoms. The highest BCUT2D eigenvalue weighted by Crippen LogP contribution is 2.37. The number of thioether (sulfide) groups is 1. The van der Waals surface area contributed by atoms with Gasteiger partial charge in [0.2, 0.25) is 0 Å². The number of aromatic amines is 1. The molecule has 0 amide bonds. The molecule has 8 heteroatoms. The largest absolute Gasteiger partial charge is 0.446 e. The number of ether oxygens (including phenoxy) is 1. The molecule has 2 aromatic rings. The number of aromatic nitrogens is 2. The van der Waals surface area contributed by atoms with Crippen LogP contribution in [0.2, 0.25) is 0 Å². The molecule has 0 unspecified atom stereocenters. The van der Waals surface area contributed by atoms with Crippen LogP contribution in [-0.4, -0.2) is 22.6 Å². The fourth-order valence-electron chi connectivity index (χ4n) is 1.68. The number of halogens is 3. The Morgan fingerprint density at radius 2 is 1.95 bits per heavy atom. The predicted octanol–water partition coefficient (Wildman–Crippen LogP) is 3.20. The van der Waals surface area contributed by atoms with Gasteiger partial charge in [-0.3, -0.25) is 4.79 Å². The summed E-state index contributed by atoms with van der Waals surface area (Å²) in [4.78, 5) is 18.3. The molecule has 0 fully saturated rings. The molecule has 0 aliphatic carbocycles. The van der Waals surface area contributed by atoms with Gasteiger partial charge in [-0.15, -0.1) is 0 Å².